The second kappa shape index (κ2) is 12.4. The third-order valence-corrected chi connectivity index (χ3v) is 8.05. The van der Waals surface area contributed by atoms with Gasteiger partial charge in [0.25, 0.3) is 5.91 Å². The summed E-state index contributed by atoms with van der Waals surface area (Å²) in [5.74, 6) is 0.318. The van der Waals surface area contributed by atoms with Crippen LogP contribution in [-0.4, -0.2) is 62.6 Å². The van der Waals surface area contributed by atoms with Crippen molar-refractivity contribution < 1.29 is 13.6 Å². The van der Waals surface area contributed by atoms with Gasteiger partial charge in [-0.15, -0.1) is 0 Å². The second-order valence-corrected chi connectivity index (χ2v) is 10.9. The number of benzene rings is 3. The first-order valence-corrected chi connectivity index (χ1v) is 14.8. The Morgan fingerprint density at radius 3 is 2.40 bits per heavy atom. The molecule has 0 aliphatic carbocycles. The molecule has 0 saturated carbocycles. The van der Waals surface area contributed by atoms with Crippen LogP contribution in [0.25, 0.3) is 22.2 Å². The van der Waals surface area contributed by atoms with Crippen molar-refractivity contribution in [3.05, 3.63) is 83.9 Å². The molecule has 8 nitrogen and oxygen atoms in total. The number of nitrogens with one attached hydrogen (secondary N) is 1. The maximum Gasteiger partial charge on any atom is 0.253 e. The minimum absolute atomic E-state index is 0.0710. The van der Waals surface area contributed by atoms with Crippen molar-refractivity contribution in [2.75, 3.05) is 48.7 Å². The van der Waals surface area contributed by atoms with Gasteiger partial charge in [0.05, 0.1) is 22.5 Å². The lowest BCUT2D eigenvalue weighted by Gasteiger charge is -2.36. The number of hydrogen-bond donors (Lipinski definition) is 2. The Bertz CT molecular complexity index is 1550. The number of carbonyl (C=O) groups is 1. The van der Waals surface area contributed by atoms with Crippen LogP contribution in [0, 0.1) is 11.3 Å². The van der Waals surface area contributed by atoms with Crippen LogP contribution in [0.4, 0.5) is 11.4 Å². The maximum absolute atomic E-state index is 12.9. The van der Waals surface area contributed by atoms with E-state index in [1.807, 2.05) is 65.6 Å². The van der Waals surface area contributed by atoms with E-state index in [1.165, 1.54) is 0 Å². The molecule has 206 valence electrons. The average molecular weight is 556 g/mol. The van der Waals surface area contributed by atoms with Crippen LogP contribution in [0.15, 0.2) is 72.8 Å². The molecule has 9 heteroatoms. The van der Waals surface area contributed by atoms with E-state index in [1.54, 1.807) is 0 Å². The number of piperazine rings is 1. The number of fused-ring (bicyclic) bond motifs is 1. The van der Waals surface area contributed by atoms with E-state index in [4.69, 9.17) is 4.55 Å². The summed E-state index contributed by atoms with van der Waals surface area (Å²) in [6, 6.07) is 26.1. The molecule has 0 spiro atoms. The number of aryl methyl sites for hydroxylation is 1. The van der Waals surface area contributed by atoms with Crippen molar-refractivity contribution in [2.45, 2.75) is 19.9 Å². The molecule has 5 rings (SSSR count). The van der Waals surface area contributed by atoms with Crippen molar-refractivity contribution >= 4 is 39.3 Å². The van der Waals surface area contributed by atoms with Crippen molar-refractivity contribution in [2.24, 2.45) is 0 Å². The van der Waals surface area contributed by atoms with Gasteiger partial charge in [0.15, 0.2) is 11.1 Å². The van der Waals surface area contributed by atoms with Gasteiger partial charge in [0, 0.05) is 61.6 Å². The lowest BCUT2D eigenvalue weighted by Crippen LogP contribution is -2.48. The van der Waals surface area contributed by atoms with E-state index in [9.17, 15) is 14.3 Å². The van der Waals surface area contributed by atoms with Crippen LogP contribution in [0.2, 0.25) is 0 Å². The molecule has 1 aromatic heterocycles. The topological polar surface area (TPSA) is 102 Å². The summed E-state index contributed by atoms with van der Waals surface area (Å²) in [6.45, 7) is 6.23. The molecule has 2 N–H and O–H groups in total. The number of nitrogens with zero attached hydrogens (tertiary/aromatic N) is 4. The first-order chi connectivity index (χ1) is 19.5. The summed E-state index contributed by atoms with van der Waals surface area (Å²) in [7, 11) is 0. The minimum atomic E-state index is -1.77. The maximum atomic E-state index is 12.9. The van der Waals surface area contributed by atoms with Crippen LogP contribution >= 0.6 is 0 Å². The van der Waals surface area contributed by atoms with Crippen LogP contribution in [0.3, 0.4) is 0 Å². The molecule has 0 bridgehead atoms. The molecular weight excluding hydrogens is 522 g/mol. The Labute approximate surface area is 237 Å². The number of rotatable bonds is 9. The summed E-state index contributed by atoms with van der Waals surface area (Å²) in [4.78, 5) is 17.1. The standard InChI is InChI=1S/C31H33N5O3S/c1-2-36-29-21-26(34-16-18-35(19-17-34)31(37)24-7-4-3-5-8-24)13-14-27(29)28(22-32)30(36)23-9-11-25(12-10-23)33-15-6-20-40(38)39/h3-5,7-14,21,33H,2,6,15-20H2,1H3,(H,38,39). The van der Waals surface area contributed by atoms with Gasteiger partial charge in [-0.2, -0.15) is 5.26 Å². The number of amides is 1. The van der Waals surface area contributed by atoms with Gasteiger partial charge < -0.3 is 24.2 Å². The fourth-order valence-electron chi connectivity index (χ4n) is 5.38. The third-order valence-electron chi connectivity index (χ3n) is 7.41. The van der Waals surface area contributed by atoms with E-state index in [2.05, 4.69) is 39.9 Å². The monoisotopic (exact) mass is 555 g/mol. The van der Waals surface area contributed by atoms with E-state index < -0.39 is 11.1 Å². The lowest BCUT2D eigenvalue weighted by atomic mass is 10.1. The molecule has 1 atom stereocenters. The zero-order chi connectivity index (χ0) is 28.1. The first-order valence-electron chi connectivity index (χ1n) is 13.6. The molecule has 1 aliphatic rings. The van der Waals surface area contributed by atoms with Crippen LogP contribution < -0.4 is 10.2 Å². The molecule has 1 amide bonds. The number of anilines is 2. The molecule has 0 radical (unpaired) electrons. The van der Waals surface area contributed by atoms with Crippen LogP contribution in [0.5, 0.6) is 0 Å². The summed E-state index contributed by atoms with van der Waals surface area (Å²) < 4.78 is 22.0. The van der Waals surface area contributed by atoms with Gasteiger partial charge in [-0.05, 0) is 61.4 Å². The quantitative estimate of drug-likeness (QED) is 0.218. The summed E-state index contributed by atoms with van der Waals surface area (Å²) in [5, 5.41) is 14.4. The minimum Gasteiger partial charge on any atom is -0.385 e. The predicted octanol–water partition coefficient (Wildman–Crippen LogP) is 5.19. The fraction of sp³-hybridized carbons (Fsp3) is 0.290. The SMILES string of the molecule is CCn1c(-c2ccc(NCCCS(=O)O)cc2)c(C#N)c2ccc(N3CCN(C(=O)c4ccccc4)CC3)cc21. The zero-order valence-electron chi connectivity index (χ0n) is 22.5. The highest BCUT2D eigenvalue weighted by atomic mass is 32.2. The summed E-state index contributed by atoms with van der Waals surface area (Å²) in [6.07, 6.45) is 0.605. The van der Waals surface area contributed by atoms with Gasteiger partial charge in [0.1, 0.15) is 6.07 Å². The molecule has 1 unspecified atom stereocenters. The highest BCUT2D eigenvalue weighted by Crippen LogP contribution is 2.36. The smallest absolute Gasteiger partial charge is 0.253 e. The number of aromatic nitrogens is 1. The number of hydrogen-bond acceptors (Lipinski definition) is 5. The van der Waals surface area contributed by atoms with Crippen LogP contribution in [0.1, 0.15) is 29.3 Å². The number of carbonyl (C=O) groups excluding carboxylic acids is 1. The van der Waals surface area contributed by atoms with Crippen molar-refractivity contribution in [3.63, 3.8) is 0 Å². The van der Waals surface area contributed by atoms with E-state index >= 15 is 0 Å². The van der Waals surface area contributed by atoms with Gasteiger partial charge in [0.2, 0.25) is 0 Å². The first kappa shape index (κ1) is 27.4. The second-order valence-electron chi connectivity index (χ2n) is 9.81. The number of nitriles is 1. The van der Waals surface area contributed by atoms with Crippen molar-refractivity contribution in [1.82, 2.24) is 9.47 Å². The molecule has 2 heterocycles. The van der Waals surface area contributed by atoms with E-state index in [-0.39, 0.29) is 11.7 Å². The predicted molar refractivity (Wildman–Crippen MR) is 161 cm³/mol. The van der Waals surface area contributed by atoms with E-state index in [0.29, 0.717) is 38.2 Å². The molecular formula is C31H33N5O3S. The van der Waals surface area contributed by atoms with Crippen molar-refractivity contribution in [3.8, 4) is 17.3 Å². The molecule has 4 aromatic rings. The molecule has 1 fully saturated rings. The highest BCUT2D eigenvalue weighted by Gasteiger charge is 2.24. The third kappa shape index (κ3) is 5.74. The Hall–Kier alpha value is -4.13. The van der Waals surface area contributed by atoms with Crippen molar-refractivity contribution in [1.29, 1.82) is 5.26 Å². The molecule has 3 aromatic carbocycles. The van der Waals surface area contributed by atoms with Gasteiger partial charge >= 0.3 is 0 Å². The molecule has 1 saturated heterocycles. The Morgan fingerprint density at radius 2 is 1.75 bits per heavy atom. The van der Waals surface area contributed by atoms with Gasteiger partial charge in [-0.25, -0.2) is 4.21 Å². The van der Waals surface area contributed by atoms with Gasteiger partial charge in [-0.3, -0.25) is 4.79 Å². The Kier molecular flexibility index (Phi) is 8.48. The Morgan fingerprint density at radius 1 is 1.02 bits per heavy atom. The fourth-order valence-corrected chi connectivity index (χ4v) is 5.77. The van der Waals surface area contributed by atoms with E-state index in [0.717, 1.165) is 52.2 Å². The summed E-state index contributed by atoms with van der Waals surface area (Å²) >= 11 is -1.77. The largest absolute Gasteiger partial charge is 0.385 e. The van der Waals surface area contributed by atoms with Crippen LogP contribution in [-0.2, 0) is 17.6 Å². The zero-order valence-corrected chi connectivity index (χ0v) is 23.4. The average Bonchev–Trinajstić information content (AvgIpc) is 3.32. The molecule has 40 heavy (non-hydrogen) atoms. The normalized spacial score (nSPS) is 14.2. The highest BCUT2D eigenvalue weighted by molar-refractivity contribution is 7.79. The molecule has 1 aliphatic heterocycles. The summed E-state index contributed by atoms with van der Waals surface area (Å²) in [5.41, 5.74) is 6.28. The van der Waals surface area contributed by atoms with Gasteiger partial charge in [-0.1, -0.05) is 30.3 Å². The Balaban J connectivity index is 1.36. The lowest BCUT2D eigenvalue weighted by molar-refractivity contribution is 0.0747.